The van der Waals surface area contributed by atoms with E-state index in [4.69, 9.17) is 4.74 Å². The summed E-state index contributed by atoms with van der Waals surface area (Å²) < 4.78 is 5.54. The molecule has 0 radical (unpaired) electrons. The molecule has 35 heavy (non-hydrogen) atoms. The SMILES string of the molecule is CSCCC(NC(=O)OCC1c2ccccc2-c2ccccc21)C(=O)NC1C(=O)NCC1C(=O)O. The van der Waals surface area contributed by atoms with E-state index >= 15 is 0 Å². The zero-order chi connectivity index (χ0) is 24.9. The highest BCUT2D eigenvalue weighted by molar-refractivity contribution is 7.98. The van der Waals surface area contributed by atoms with Gasteiger partial charge in [-0.25, -0.2) is 4.79 Å². The Bertz CT molecular complexity index is 1090. The molecule has 2 aromatic rings. The van der Waals surface area contributed by atoms with E-state index in [1.54, 1.807) is 0 Å². The number of aliphatic carboxylic acids is 1. The Morgan fingerprint density at radius 2 is 1.74 bits per heavy atom. The summed E-state index contributed by atoms with van der Waals surface area (Å²) in [6.45, 7) is 0.0389. The number of hydrogen-bond acceptors (Lipinski definition) is 6. The lowest BCUT2D eigenvalue weighted by Gasteiger charge is -2.22. The van der Waals surface area contributed by atoms with Gasteiger partial charge in [-0.3, -0.25) is 14.4 Å². The number of nitrogens with one attached hydrogen (secondary N) is 3. The summed E-state index contributed by atoms with van der Waals surface area (Å²) in [5, 5.41) is 16.8. The number of benzene rings is 2. The van der Waals surface area contributed by atoms with E-state index in [-0.39, 0.29) is 19.1 Å². The number of hydrogen-bond donors (Lipinski definition) is 4. The van der Waals surface area contributed by atoms with E-state index in [9.17, 15) is 24.3 Å². The zero-order valence-corrected chi connectivity index (χ0v) is 20.0. The van der Waals surface area contributed by atoms with Crippen LogP contribution in [0.25, 0.3) is 11.1 Å². The fraction of sp³-hybridized carbons (Fsp3) is 0.360. The van der Waals surface area contributed by atoms with E-state index in [1.807, 2.05) is 54.8 Å². The van der Waals surface area contributed by atoms with Gasteiger partial charge < -0.3 is 25.8 Å². The second kappa shape index (κ2) is 10.8. The van der Waals surface area contributed by atoms with Crippen LogP contribution >= 0.6 is 11.8 Å². The lowest BCUT2D eigenvalue weighted by atomic mass is 9.98. The predicted octanol–water partition coefficient (Wildman–Crippen LogP) is 1.96. The van der Waals surface area contributed by atoms with Crippen LogP contribution in [0.15, 0.2) is 48.5 Å². The van der Waals surface area contributed by atoms with Gasteiger partial charge in [-0.1, -0.05) is 48.5 Å². The van der Waals surface area contributed by atoms with Crippen molar-refractivity contribution in [2.75, 3.05) is 25.2 Å². The van der Waals surface area contributed by atoms with Crippen LogP contribution < -0.4 is 16.0 Å². The number of carboxylic acid groups (broad SMARTS) is 1. The Morgan fingerprint density at radius 1 is 1.11 bits per heavy atom. The smallest absolute Gasteiger partial charge is 0.407 e. The molecule has 184 valence electrons. The number of alkyl carbamates (subject to hydrolysis) is 1. The number of carbonyl (C=O) groups excluding carboxylic acids is 3. The highest BCUT2D eigenvalue weighted by Gasteiger charge is 2.41. The Labute approximate surface area is 207 Å². The van der Waals surface area contributed by atoms with Crippen LogP contribution in [-0.2, 0) is 19.1 Å². The highest BCUT2D eigenvalue weighted by Crippen LogP contribution is 2.44. The van der Waals surface area contributed by atoms with E-state index in [1.165, 1.54) is 11.8 Å². The highest BCUT2D eigenvalue weighted by atomic mass is 32.2. The molecular formula is C25H27N3O6S. The first-order valence-corrected chi connectivity index (χ1v) is 12.7. The molecule has 0 bridgehead atoms. The molecule has 2 aromatic carbocycles. The van der Waals surface area contributed by atoms with Crippen molar-refractivity contribution in [2.45, 2.75) is 24.4 Å². The van der Waals surface area contributed by atoms with Crippen LogP contribution in [0.3, 0.4) is 0 Å². The summed E-state index contributed by atoms with van der Waals surface area (Å²) in [5.41, 5.74) is 4.37. The molecule has 4 N–H and O–H groups in total. The molecule has 3 unspecified atom stereocenters. The summed E-state index contributed by atoms with van der Waals surface area (Å²) in [4.78, 5) is 49.0. The van der Waals surface area contributed by atoms with Gasteiger partial charge in [0.2, 0.25) is 11.8 Å². The average Bonchev–Trinajstić information content (AvgIpc) is 3.38. The van der Waals surface area contributed by atoms with Crippen LogP contribution in [-0.4, -0.2) is 66.2 Å². The van der Waals surface area contributed by atoms with Gasteiger partial charge in [0.15, 0.2) is 0 Å². The van der Waals surface area contributed by atoms with Crippen LogP contribution in [0.5, 0.6) is 0 Å². The van der Waals surface area contributed by atoms with E-state index < -0.39 is 41.9 Å². The van der Waals surface area contributed by atoms with Crippen molar-refractivity contribution in [3.8, 4) is 11.1 Å². The molecule has 2 aliphatic rings. The molecule has 4 rings (SSSR count). The first-order valence-electron chi connectivity index (χ1n) is 11.3. The first-order chi connectivity index (χ1) is 16.9. The molecule has 3 atom stereocenters. The molecule has 0 aromatic heterocycles. The summed E-state index contributed by atoms with van der Waals surface area (Å²) in [5.74, 6) is -2.98. The molecule has 0 spiro atoms. The fourth-order valence-corrected chi connectivity index (χ4v) is 5.03. The maximum atomic E-state index is 12.9. The first kappa shape index (κ1) is 24.6. The van der Waals surface area contributed by atoms with E-state index in [0.717, 1.165) is 22.3 Å². The zero-order valence-electron chi connectivity index (χ0n) is 19.2. The van der Waals surface area contributed by atoms with Crippen molar-refractivity contribution in [2.24, 2.45) is 5.92 Å². The van der Waals surface area contributed by atoms with Crippen molar-refractivity contribution in [3.05, 3.63) is 59.7 Å². The van der Waals surface area contributed by atoms with Crippen LogP contribution in [0.2, 0.25) is 0 Å². The molecule has 3 amide bonds. The maximum Gasteiger partial charge on any atom is 0.407 e. The van der Waals surface area contributed by atoms with Gasteiger partial charge >= 0.3 is 12.1 Å². The summed E-state index contributed by atoms with van der Waals surface area (Å²) >= 11 is 1.50. The minimum atomic E-state index is -1.19. The monoisotopic (exact) mass is 497 g/mol. The molecule has 1 aliphatic heterocycles. The standard InChI is InChI=1S/C25H27N3O6S/c1-35-11-10-20(22(29)28-21-18(24(31)32)12-26-23(21)30)27-25(33)34-13-19-16-8-4-2-6-14(16)15-7-3-5-9-17(15)19/h2-9,18-21H,10-13H2,1H3,(H,26,30)(H,27,33)(H,28,29)(H,31,32). The number of ether oxygens (including phenoxy) is 1. The predicted molar refractivity (Wildman–Crippen MR) is 131 cm³/mol. The molecule has 1 saturated heterocycles. The normalized spacial score (nSPS) is 19.3. The maximum absolute atomic E-state index is 12.9. The topological polar surface area (TPSA) is 134 Å². The number of carbonyl (C=O) groups is 4. The lowest BCUT2D eigenvalue weighted by Crippen LogP contribution is -2.53. The van der Waals surface area contributed by atoms with E-state index in [0.29, 0.717) is 12.2 Å². The van der Waals surface area contributed by atoms with Gasteiger partial charge in [0, 0.05) is 12.5 Å². The Balaban J connectivity index is 1.41. The minimum Gasteiger partial charge on any atom is -0.481 e. The Hall–Kier alpha value is -3.53. The second-order valence-electron chi connectivity index (χ2n) is 8.48. The number of fused-ring (bicyclic) bond motifs is 3. The number of amides is 3. The second-order valence-corrected chi connectivity index (χ2v) is 9.47. The number of thioether (sulfide) groups is 1. The summed E-state index contributed by atoms with van der Waals surface area (Å²) in [6.07, 6.45) is 1.41. The molecule has 1 fully saturated rings. The largest absolute Gasteiger partial charge is 0.481 e. The third-order valence-electron chi connectivity index (χ3n) is 6.36. The third-order valence-corrected chi connectivity index (χ3v) is 7.00. The van der Waals surface area contributed by atoms with Crippen LogP contribution in [0, 0.1) is 5.92 Å². The van der Waals surface area contributed by atoms with Gasteiger partial charge in [0.05, 0.1) is 0 Å². The van der Waals surface area contributed by atoms with Gasteiger partial charge in [-0.2, -0.15) is 11.8 Å². The Kier molecular flexibility index (Phi) is 7.60. The van der Waals surface area contributed by atoms with Gasteiger partial charge in [0.1, 0.15) is 24.6 Å². The van der Waals surface area contributed by atoms with Crippen molar-refractivity contribution in [1.29, 1.82) is 0 Å². The van der Waals surface area contributed by atoms with Crippen LogP contribution in [0.4, 0.5) is 4.79 Å². The summed E-state index contributed by atoms with van der Waals surface area (Å²) in [7, 11) is 0. The van der Waals surface area contributed by atoms with Crippen molar-refractivity contribution in [1.82, 2.24) is 16.0 Å². The molecule has 1 aliphatic carbocycles. The lowest BCUT2D eigenvalue weighted by molar-refractivity contribution is -0.143. The average molecular weight is 498 g/mol. The van der Waals surface area contributed by atoms with Crippen molar-refractivity contribution >= 4 is 35.6 Å². The number of carboxylic acids is 1. The van der Waals surface area contributed by atoms with Crippen molar-refractivity contribution < 1.29 is 29.0 Å². The fourth-order valence-electron chi connectivity index (χ4n) is 4.56. The third kappa shape index (κ3) is 5.27. The molecule has 0 saturated carbocycles. The quantitative estimate of drug-likeness (QED) is 0.416. The van der Waals surface area contributed by atoms with Gasteiger partial charge in [-0.05, 0) is 40.7 Å². The molecular weight excluding hydrogens is 470 g/mol. The number of rotatable bonds is 9. The van der Waals surface area contributed by atoms with Gasteiger partial charge in [-0.15, -0.1) is 0 Å². The summed E-state index contributed by atoms with van der Waals surface area (Å²) in [6, 6.07) is 13.8. The van der Waals surface area contributed by atoms with E-state index in [2.05, 4.69) is 16.0 Å². The molecule has 1 heterocycles. The van der Waals surface area contributed by atoms with Gasteiger partial charge in [0.25, 0.3) is 0 Å². The molecule has 9 nitrogen and oxygen atoms in total. The van der Waals surface area contributed by atoms with Crippen molar-refractivity contribution in [3.63, 3.8) is 0 Å². The van der Waals surface area contributed by atoms with Crippen LogP contribution in [0.1, 0.15) is 23.5 Å². The Morgan fingerprint density at radius 3 is 2.34 bits per heavy atom. The minimum absolute atomic E-state index is 0.0611. The molecule has 10 heteroatoms.